The number of aromatic nitrogens is 2. The molecular formula is C21H34N6O. The summed E-state index contributed by atoms with van der Waals surface area (Å²) in [7, 11) is 0. The molecule has 4 atom stereocenters. The molecule has 1 aromatic rings. The second kappa shape index (κ2) is 7.11. The fraction of sp³-hybridized carbons (Fsp3) is 0.810. The number of fused-ring (bicyclic) bond motifs is 3. The zero-order chi connectivity index (χ0) is 19.3. The van der Waals surface area contributed by atoms with E-state index in [1.54, 1.807) is 0 Å². The molecule has 0 bridgehead atoms. The molecule has 4 heterocycles. The number of carbonyl (C=O) groups excluding carboxylic acids is 1. The number of amides is 1. The topological polar surface area (TPSA) is 76.3 Å². The largest absolute Gasteiger partial charge is 0.348 e. The van der Waals surface area contributed by atoms with Gasteiger partial charge in [-0.25, -0.2) is 10.4 Å². The number of hydrogen-bond donors (Lipinski definition) is 3. The molecule has 7 nitrogen and oxygen atoms in total. The van der Waals surface area contributed by atoms with Gasteiger partial charge in [0.1, 0.15) is 6.04 Å². The number of nitrogens with zero attached hydrogens (tertiary/aromatic N) is 3. The number of nitrogens with one attached hydrogen (secondary N) is 3. The summed E-state index contributed by atoms with van der Waals surface area (Å²) in [4.78, 5) is 26.1. The van der Waals surface area contributed by atoms with Crippen molar-refractivity contribution in [2.45, 2.75) is 70.0 Å². The molecule has 1 saturated carbocycles. The van der Waals surface area contributed by atoms with Crippen LogP contribution in [0.2, 0.25) is 0 Å². The predicted octanol–water partition coefficient (Wildman–Crippen LogP) is 1.39. The normalized spacial score (nSPS) is 35.0. The summed E-state index contributed by atoms with van der Waals surface area (Å²) in [6.07, 6.45) is 8.46. The van der Waals surface area contributed by atoms with Crippen LogP contribution < -0.4 is 10.9 Å². The zero-order valence-corrected chi connectivity index (χ0v) is 17.2. The van der Waals surface area contributed by atoms with Gasteiger partial charge in [-0.05, 0) is 44.6 Å². The van der Waals surface area contributed by atoms with Crippen molar-refractivity contribution in [3.63, 3.8) is 0 Å². The molecule has 1 amide bonds. The quantitative estimate of drug-likeness (QED) is 0.716. The number of H-pyrrole nitrogens is 1. The van der Waals surface area contributed by atoms with E-state index in [0.29, 0.717) is 17.9 Å². The van der Waals surface area contributed by atoms with Crippen molar-refractivity contribution in [1.29, 1.82) is 0 Å². The lowest BCUT2D eigenvalue weighted by molar-refractivity contribution is -0.137. The first-order chi connectivity index (χ1) is 13.6. The molecule has 3 N–H and O–H groups in total. The van der Waals surface area contributed by atoms with E-state index in [-0.39, 0.29) is 11.6 Å². The van der Waals surface area contributed by atoms with Crippen molar-refractivity contribution in [3.05, 3.63) is 17.7 Å². The van der Waals surface area contributed by atoms with E-state index in [2.05, 4.69) is 39.5 Å². The van der Waals surface area contributed by atoms with Gasteiger partial charge in [0.15, 0.2) is 0 Å². The van der Waals surface area contributed by atoms with E-state index >= 15 is 0 Å². The van der Waals surface area contributed by atoms with Crippen LogP contribution in [0.1, 0.15) is 57.3 Å². The van der Waals surface area contributed by atoms with Gasteiger partial charge in [0.25, 0.3) is 0 Å². The number of hydrogen-bond acceptors (Lipinski definition) is 5. The summed E-state index contributed by atoms with van der Waals surface area (Å²) in [6, 6.07) is 0.401. The van der Waals surface area contributed by atoms with Crippen LogP contribution in [0.4, 0.5) is 0 Å². The molecule has 154 valence electrons. The van der Waals surface area contributed by atoms with Crippen LogP contribution in [0.15, 0.2) is 6.33 Å². The SMILES string of the molecule is CCN1CCc2[nH]cnc2C12CCN(C(=O)C1NNC3CCC(C)CC31)CC2. The van der Waals surface area contributed by atoms with Crippen molar-refractivity contribution in [2.24, 2.45) is 11.8 Å². The predicted molar refractivity (Wildman–Crippen MR) is 107 cm³/mol. The minimum absolute atomic E-state index is 0.00234. The molecule has 4 aliphatic rings. The van der Waals surface area contributed by atoms with Crippen molar-refractivity contribution in [2.75, 3.05) is 26.2 Å². The van der Waals surface area contributed by atoms with E-state index in [1.165, 1.54) is 24.2 Å². The van der Waals surface area contributed by atoms with Crippen LogP contribution >= 0.6 is 0 Å². The Morgan fingerprint density at radius 3 is 2.86 bits per heavy atom. The smallest absolute Gasteiger partial charge is 0.241 e. The van der Waals surface area contributed by atoms with Crippen LogP contribution in [-0.4, -0.2) is 63.9 Å². The van der Waals surface area contributed by atoms with Gasteiger partial charge in [-0.3, -0.25) is 15.1 Å². The van der Waals surface area contributed by atoms with Crippen molar-refractivity contribution in [1.82, 2.24) is 30.6 Å². The van der Waals surface area contributed by atoms with Gasteiger partial charge in [-0.15, -0.1) is 0 Å². The first kappa shape index (κ1) is 18.6. The third-order valence-corrected chi connectivity index (χ3v) is 7.96. The summed E-state index contributed by atoms with van der Waals surface area (Å²) in [6.45, 7) is 8.34. The number of likely N-dealkylation sites (N-methyl/N-ethyl adjacent to an activating group) is 1. The third-order valence-electron chi connectivity index (χ3n) is 7.96. The second-order valence-electron chi connectivity index (χ2n) is 9.37. The highest BCUT2D eigenvalue weighted by Crippen LogP contribution is 2.42. The van der Waals surface area contributed by atoms with E-state index < -0.39 is 0 Å². The fourth-order valence-electron chi connectivity index (χ4n) is 6.35. The Kier molecular flexibility index (Phi) is 4.72. The van der Waals surface area contributed by atoms with Crippen molar-refractivity contribution >= 4 is 5.91 Å². The average molecular weight is 387 g/mol. The number of imidazole rings is 1. The molecule has 1 aromatic heterocycles. The number of likely N-dealkylation sites (tertiary alicyclic amines) is 1. The molecule has 3 aliphatic heterocycles. The molecule has 5 rings (SSSR count). The first-order valence-electron chi connectivity index (χ1n) is 11.2. The minimum atomic E-state index is -0.0589. The standard InChI is InChI=1S/C21H34N6O/c1-3-27-9-6-17-19(23-13-22-17)21(27)7-10-26(11-8-21)20(28)18-15-12-14(2)4-5-16(15)24-25-18/h13-16,18,24-25H,3-12H2,1-2H3,(H,22,23). The Morgan fingerprint density at radius 2 is 2.07 bits per heavy atom. The highest BCUT2D eigenvalue weighted by Gasteiger charge is 2.49. The molecular weight excluding hydrogens is 352 g/mol. The second-order valence-corrected chi connectivity index (χ2v) is 9.37. The van der Waals surface area contributed by atoms with Gasteiger partial charge in [-0.1, -0.05) is 13.8 Å². The summed E-state index contributed by atoms with van der Waals surface area (Å²) in [5.41, 5.74) is 9.29. The summed E-state index contributed by atoms with van der Waals surface area (Å²) in [5.74, 6) is 1.46. The Balaban J connectivity index is 1.30. The van der Waals surface area contributed by atoms with Crippen LogP contribution in [0, 0.1) is 11.8 Å². The Labute approximate surface area is 167 Å². The third kappa shape index (κ3) is 2.82. The molecule has 0 aromatic carbocycles. The molecule has 4 unspecified atom stereocenters. The molecule has 1 spiro atoms. The van der Waals surface area contributed by atoms with Crippen LogP contribution in [0.3, 0.4) is 0 Å². The maximum Gasteiger partial charge on any atom is 0.241 e. The van der Waals surface area contributed by atoms with Gasteiger partial charge < -0.3 is 9.88 Å². The number of rotatable bonds is 2. The van der Waals surface area contributed by atoms with Crippen molar-refractivity contribution in [3.8, 4) is 0 Å². The highest BCUT2D eigenvalue weighted by atomic mass is 16.2. The van der Waals surface area contributed by atoms with Gasteiger partial charge in [0, 0.05) is 43.7 Å². The Bertz CT molecular complexity index is 724. The van der Waals surface area contributed by atoms with Crippen LogP contribution in [0.5, 0.6) is 0 Å². The van der Waals surface area contributed by atoms with Crippen LogP contribution in [0.25, 0.3) is 0 Å². The van der Waals surface area contributed by atoms with Crippen molar-refractivity contribution < 1.29 is 4.79 Å². The lowest BCUT2D eigenvalue weighted by Gasteiger charge is -2.50. The Morgan fingerprint density at radius 1 is 1.25 bits per heavy atom. The number of carbonyl (C=O) groups is 1. The monoisotopic (exact) mass is 386 g/mol. The van der Waals surface area contributed by atoms with E-state index in [9.17, 15) is 4.79 Å². The highest BCUT2D eigenvalue weighted by molar-refractivity contribution is 5.82. The number of piperidine rings is 1. The summed E-state index contributed by atoms with van der Waals surface area (Å²) in [5, 5.41) is 0. The minimum Gasteiger partial charge on any atom is -0.348 e. The van der Waals surface area contributed by atoms with E-state index in [4.69, 9.17) is 4.98 Å². The van der Waals surface area contributed by atoms with Gasteiger partial charge >= 0.3 is 0 Å². The van der Waals surface area contributed by atoms with E-state index in [0.717, 1.165) is 57.8 Å². The maximum absolute atomic E-state index is 13.4. The molecule has 1 aliphatic carbocycles. The molecule has 7 heteroatoms. The fourth-order valence-corrected chi connectivity index (χ4v) is 6.35. The van der Waals surface area contributed by atoms with Gasteiger partial charge in [-0.2, -0.15) is 0 Å². The lowest BCUT2D eigenvalue weighted by Crippen LogP contribution is -2.59. The lowest BCUT2D eigenvalue weighted by atomic mass is 9.75. The van der Waals surface area contributed by atoms with E-state index in [1.807, 2.05) is 6.33 Å². The van der Waals surface area contributed by atoms with Gasteiger partial charge in [0.2, 0.25) is 5.91 Å². The van der Waals surface area contributed by atoms with Gasteiger partial charge in [0.05, 0.1) is 17.6 Å². The molecule has 3 fully saturated rings. The number of hydrazine groups is 1. The molecule has 0 radical (unpaired) electrons. The average Bonchev–Trinajstić information content (AvgIpc) is 3.35. The maximum atomic E-state index is 13.4. The number of aromatic amines is 1. The Hall–Kier alpha value is -1.44. The first-order valence-corrected chi connectivity index (χ1v) is 11.2. The summed E-state index contributed by atoms with van der Waals surface area (Å²) >= 11 is 0. The molecule has 28 heavy (non-hydrogen) atoms. The zero-order valence-electron chi connectivity index (χ0n) is 17.2. The van der Waals surface area contributed by atoms with Crippen LogP contribution in [-0.2, 0) is 16.8 Å². The molecule has 2 saturated heterocycles. The summed E-state index contributed by atoms with van der Waals surface area (Å²) < 4.78 is 0.